The molecule has 38 heavy (non-hydrogen) atoms. The van der Waals surface area contributed by atoms with Gasteiger partial charge >= 0.3 is 6.09 Å². The van der Waals surface area contributed by atoms with Crippen LogP contribution in [0.25, 0.3) is 10.2 Å². The Kier molecular flexibility index (Phi) is 7.22. The first-order valence-electron chi connectivity index (χ1n) is 13.3. The molecule has 1 aliphatic heterocycles. The van der Waals surface area contributed by atoms with Gasteiger partial charge in [0.15, 0.2) is 0 Å². The van der Waals surface area contributed by atoms with Crippen LogP contribution < -0.4 is 0 Å². The zero-order valence-corrected chi connectivity index (χ0v) is 24.6. The number of nitrogens with zero attached hydrogens (tertiary/aromatic N) is 4. The molecule has 3 atom stereocenters. The van der Waals surface area contributed by atoms with Crippen LogP contribution in [0.3, 0.4) is 0 Å². The third-order valence-corrected chi connectivity index (χ3v) is 8.48. The van der Waals surface area contributed by atoms with Crippen molar-refractivity contribution in [3.8, 4) is 0 Å². The third kappa shape index (κ3) is 5.69. The Morgan fingerprint density at radius 1 is 1.11 bits per heavy atom. The number of halogens is 1. The lowest BCUT2D eigenvalue weighted by Gasteiger charge is -2.44. The first-order chi connectivity index (χ1) is 17.8. The zero-order valence-electron chi connectivity index (χ0n) is 23.0. The average molecular weight is 557 g/mol. The summed E-state index contributed by atoms with van der Waals surface area (Å²) in [7, 11) is 0. The van der Waals surface area contributed by atoms with E-state index in [9.17, 15) is 9.90 Å². The Morgan fingerprint density at radius 2 is 1.82 bits per heavy atom. The molecule has 2 aromatic heterocycles. The molecule has 5 rings (SSSR count). The molecule has 1 amide bonds. The molecule has 1 saturated carbocycles. The second-order valence-corrected chi connectivity index (χ2v) is 13.4. The maximum atomic E-state index is 12.5. The fourth-order valence-electron chi connectivity index (χ4n) is 5.68. The van der Waals surface area contributed by atoms with E-state index in [1.165, 1.54) is 0 Å². The number of rotatable bonds is 5. The van der Waals surface area contributed by atoms with Crippen molar-refractivity contribution in [3.63, 3.8) is 0 Å². The van der Waals surface area contributed by atoms with Crippen LogP contribution in [-0.2, 0) is 4.74 Å². The molecular weight excluding hydrogens is 520 g/mol. The quantitative estimate of drug-likeness (QED) is 0.398. The Hall–Kier alpha value is -2.26. The highest BCUT2D eigenvalue weighted by molar-refractivity contribution is 7.16. The van der Waals surface area contributed by atoms with Gasteiger partial charge in [-0.05, 0) is 82.5 Å². The van der Waals surface area contributed by atoms with Crippen molar-refractivity contribution in [2.24, 2.45) is 0 Å². The number of aliphatic hydroxyl groups is 1. The summed E-state index contributed by atoms with van der Waals surface area (Å²) in [6, 6.07) is 8.10. The predicted molar refractivity (Wildman–Crippen MR) is 152 cm³/mol. The molecular formula is C29H37ClN4O3S. The fraction of sp³-hybridized carbons (Fsp3) is 0.552. The number of ether oxygens (including phenoxy) is 1. The normalized spacial score (nSPS) is 21.5. The van der Waals surface area contributed by atoms with Gasteiger partial charge in [-0.2, -0.15) is 0 Å². The van der Waals surface area contributed by atoms with E-state index in [4.69, 9.17) is 21.3 Å². The summed E-state index contributed by atoms with van der Waals surface area (Å²) in [5, 5.41) is 15.1. The highest BCUT2D eigenvalue weighted by atomic mass is 35.5. The number of fused-ring (bicyclic) bond motifs is 1. The number of amides is 1. The van der Waals surface area contributed by atoms with Gasteiger partial charge < -0.3 is 14.7 Å². The number of carbonyl (C=O) groups excluding carboxylic acids is 1. The number of hydrogen-bond acceptors (Lipinski definition) is 7. The SMILES string of the molecule is Cc1nc(C2CC2c2ccc(C(N3CCN(C(=O)OC(C)(C)C)CC3)C(C)(C)O)cc2Cl)c2ccsc2n1. The average Bonchev–Trinajstić information content (AvgIpc) is 3.45. The monoisotopic (exact) mass is 556 g/mol. The molecule has 1 N–H and O–H groups in total. The second kappa shape index (κ2) is 10.0. The van der Waals surface area contributed by atoms with Crippen molar-refractivity contribution in [1.82, 2.24) is 19.8 Å². The number of carbonyl (C=O) groups is 1. The van der Waals surface area contributed by atoms with Crippen molar-refractivity contribution in [2.75, 3.05) is 26.2 Å². The largest absolute Gasteiger partial charge is 0.444 e. The van der Waals surface area contributed by atoms with Crippen molar-refractivity contribution in [3.05, 3.63) is 57.3 Å². The van der Waals surface area contributed by atoms with Crippen LogP contribution in [0.1, 0.15) is 81.6 Å². The van der Waals surface area contributed by atoms with E-state index in [-0.39, 0.29) is 12.1 Å². The van der Waals surface area contributed by atoms with Gasteiger partial charge in [0, 0.05) is 42.5 Å². The van der Waals surface area contributed by atoms with E-state index in [1.54, 1.807) is 16.2 Å². The van der Waals surface area contributed by atoms with Crippen LogP contribution in [0, 0.1) is 6.92 Å². The molecule has 3 heterocycles. The Labute approximate surface area is 233 Å². The summed E-state index contributed by atoms with van der Waals surface area (Å²) in [6.45, 7) is 13.6. The Morgan fingerprint density at radius 3 is 2.45 bits per heavy atom. The molecule has 2 aliphatic rings. The molecule has 0 spiro atoms. The molecule has 3 aromatic rings. The van der Waals surface area contributed by atoms with E-state index in [0.717, 1.165) is 44.3 Å². The Bertz CT molecular complexity index is 1340. The van der Waals surface area contributed by atoms with E-state index >= 15 is 0 Å². The van der Waals surface area contributed by atoms with E-state index in [1.807, 2.05) is 47.6 Å². The van der Waals surface area contributed by atoms with Crippen LogP contribution in [-0.4, -0.2) is 68.3 Å². The minimum atomic E-state index is -0.996. The van der Waals surface area contributed by atoms with Gasteiger partial charge in [-0.15, -0.1) is 11.3 Å². The molecule has 7 nitrogen and oxygen atoms in total. The van der Waals surface area contributed by atoms with Gasteiger partial charge in [-0.25, -0.2) is 14.8 Å². The minimum absolute atomic E-state index is 0.250. The number of hydrogen-bond donors (Lipinski definition) is 1. The highest BCUT2D eigenvalue weighted by Gasteiger charge is 2.43. The first kappa shape index (κ1) is 27.3. The molecule has 2 fully saturated rings. The zero-order chi connectivity index (χ0) is 27.4. The second-order valence-electron chi connectivity index (χ2n) is 12.1. The lowest BCUT2D eigenvalue weighted by atomic mass is 9.89. The molecule has 1 aromatic carbocycles. The van der Waals surface area contributed by atoms with E-state index < -0.39 is 11.2 Å². The van der Waals surface area contributed by atoms with Crippen molar-refractivity contribution >= 4 is 39.2 Å². The number of aromatic nitrogens is 2. The molecule has 0 bridgehead atoms. The number of piperazine rings is 1. The molecule has 1 saturated heterocycles. The van der Waals surface area contributed by atoms with Crippen LogP contribution in [0.5, 0.6) is 0 Å². The lowest BCUT2D eigenvalue weighted by Crippen LogP contribution is -2.54. The summed E-state index contributed by atoms with van der Waals surface area (Å²) in [5.41, 5.74) is 1.71. The number of aryl methyl sites for hydroxylation is 1. The summed E-state index contributed by atoms with van der Waals surface area (Å²) >= 11 is 8.56. The van der Waals surface area contributed by atoms with E-state index in [0.29, 0.717) is 38.0 Å². The fourth-order valence-corrected chi connectivity index (χ4v) is 6.83. The summed E-state index contributed by atoms with van der Waals surface area (Å²) < 4.78 is 5.54. The van der Waals surface area contributed by atoms with Gasteiger partial charge in [0.1, 0.15) is 16.3 Å². The van der Waals surface area contributed by atoms with Gasteiger partial charge in [0.05, 0.1) is 17.3 Å². The van der Waals surface area contributed by atoms with Crippen molar-refractivity contribution in [1.29, 1.82) is 0 Å². The highest BCUT2D eigenvalue weighted by Crippen LogP contribution is 2.57. The molecule has 3 unspecified atom stereocenters. The maximum absolute atomic E-state index is 12.5. The number of benzene rings is 1. The van der Waals surface area contributed by atoms with Crippen molar-refractivity contribution < 1.29 is 14.6 Å². The topological polar surface area (TPSA) is 78.8 Å². The summed E-state index contributed by atoms with van der Waals surface area (Å²) in [4.78, 5) is 26.9. The summed E-state index contributed by atoms with van der Waals surface area (Å²) in [6.07, 6.45) is 0.726. The Balaban J connectivity index is 1.32. The van der Waals surface area contributed by atoms with Crippen LogP contribution in [0.15, 0.2) is 29.6 Å². The molecule has 9 heteroatoms. The van der Waals surface area contributed by atoms with Crippen LogP contribution >= 0.6 is 22.9 Å². The lowest BCUT2D eigenvalue weighted by molar-refractivity contribution is -0.0414. The van der Waals surface area contributed by atoms with Gasteiger partial charge in [-0.3, -0.25) is 4.90 Å². The molecule has 1 aliphatic carbocycles. The van der Waals surface area contributed by atoms with E-state index in [2.05, 4.69) is 33.5 Å². The van der Waals surface area contributed by atoms with Crippen LogP contribution in [0.4, 0.5) is 4.79 Å². The van der Waals surface area contributed by atoms with Gasteiger partial charge in [-0.1, -0.05) is 23.7 Å². The molecule has 204 valence electrons. The third-order valence-electron chi connectivity index (χ3n) is 7.35. The standard InChI is InChI=1S/C29H37ClN4O3S/c1-17-31-24(20-9-14-38-26(20)32-17)22-16-21(22)19-8-7-18(15-23(19)30)25(29(5,6)36)33-10-12-34(13-11-33)27(35)37-28(2,3)4/h7-9,14-15,21-22,25,36H,10-13,16H2,1-6H3. The first-order valence-corrected chi connectivity index (χ1v) is 14.5. The maximum Gasteiger partial charge on any atom is 0.410 e. The molecule has 0 radical (unpaired) electrons. The number of thiophene rings is 1. The predicted octanol–water partition coefficient (Wildman–Crippen LogP) is 6.29. The van der Waals surface area contributed by atoms with Crippen LogP contribution in [0.2, 0.25) is 5.02 Å². The van der Waals surface area contributed by atoms with Gasteiger partial charge in [0.25, 0.3) is 0 Å². The van der Waals surface area contributed by atoms with Gasteiger partial charge in [0.2, 0.25) is 0 Å². The summed E-state index contributed by atoms with van der Waals surface area (Å²) in [5.74, 6) is 1.47. The smallest absolute Gasteiger partial charge is 0.410 e. The van der Waals surface area contributed by atoms with Crippen molar-refractivity contribution in [2.45, 2.75) is 77.0 Å². The minimum Gasteiger partial charge on any atom is -0.444 e.